The van der Waals surface area contributed by atoms with Crippen molar-refractivity contribution in [2.45, 2.75) is 65.2 Å². The van der Waals surface area contributed by atoms with Crippen LogP contribution in [0.4, 0.5) is 0 Å². The van der Waals surface area contributed by atoms with Crippen LogP contribution in [0, 0.1) is 6.92 Å². The van der Waals surface area contributed by atoms with Crippen molar-refractivity contribution in [2.75, 3.05) is 6.61 Å². The fourth-order valence-corrected chi connectivity index (χ4v) is 3.07. The molecule has 1 aromatic heterocycles. The summed E-state index contributed by atoms with van der Waals surface area (Å²) >= 11 is 0. The third-order valence-corrected chi connectivity index (χ3v) is 4.71. The Morgan fingerprint density at radius 2 is 1.67 bits per heavy atom. The number of nitrogens with one attached hydrogen (secondary N) is 1. The van der Waals surface area contributed by atoms with Crippen LogP contribution in [-0.2, 0) is 14.6 Å². The van der Waals surface area contributed by atoms with Crippen LogP contribution in [-0.4, -0.2) is 24.7 Å². The number of hydrogen-bond acceptors (Lipinski definition) is 5. The van der Waals surface area contributed by atoms with Gasteiger partial charge in [0.1, 0.15) is 0 Å². The van der Waals surface area contributed by atoms with E-state index in [1.54, 1.807) is 6.07 Å². The van der Waals surface area contributed by atoms with Crippen LogP contribution in [0.15, 0.2) is 30.5 Å². The summed E-state index contributed by atoms with van der Waals surface area (Å²) in [5, 5.41) is 10.5. The Labute approximate surface area is 162 Å². The van der Waals surface area contributed by atoms with Crippen LogP contribution < -0.4 is 4.98 Å². The Morgan fingerprint density at radius 3 is 2.26 bits per heavy atom. The summed E-state index contributed by atoms with van der Waals surface area (Å²) < 4.78 is 34.3. The number of aromatic hydroxyl groups is 1. The average molecular weight is 398 g/mol. The van der Waals surface area contributed by atoms with Gasteiger partial charge >= 0.3 is 0 Å². The average Bonchev–Trinajstić information content (AvgIpc) is 2.63. The first-order chi connectivity index (χ1) is 12.8. The van der Waals surface area contributed by atoms with Gasteiger partial charge in [-0.2, -0.15) is 0 Å². The summed E-state index contributed by atoms with van der Waals surface area (Å²) in [4.78, 5) is 3.01. The van der Waals surface area contributed by atoms with Gasteiger partial charge in [0.2, 0.25) is 10.4 Å². The van der Waals surface area contributed by atoms with Crippen LogP contribution in [0.25, 0.3) is 10.9 Å². The molecule has 0 spiro atoms. The molecule has 0 unspecified atom stereocenters. The van der Waals surface area contributed by atoms with Gasteiger partial charge in [-0.3, -0.25) is 4.18 Å². The van der Waals surface area contributed by atoms with Crippen molar-refractivity contribution in [1.29, 1.82) is 0 Å². The van der Waals surface area contributed by atoms with Crippen molar-refractivity contribution in [3.8, 4) is 5.75 Å². The van der Waals surface area contributed by atoms with Gasteiger partial charge in [0.25, 0.3) is 5.52 Å². The molecule has 0 aliphatic rings. The van der Waals surface area contributed by atoms with E-state index in [9.17, 15) is 18.1 Å². The Hall–Kier alpha value is -1.70. The van der Waals surface area contributed by atoms with E-state index in [0.29, 0.717) is 12.2 Å². The quantitative estimate of drug-likeness (QED) is 0.366. The number of phenols is 1. The van der Waals surface area contributed by atoms with Gasteiger partial charge in [0.15, 0.2) is 11.9 Å². The number of phenolic OH excluding ortho intramolecular Hbond substituents is 1. The summed E-state index contributed by atoms with van der Waals surface area (Å²) in [5.41, 5.74) is 1.97. The number of H-pyrrole nitrogens is 1. The molecule has 152 valence electrons. The second-order valence-electron chi connectivity index (χ2n) is 6.57. The highest BCUT2D eigenvalue weighted by Crippen LogP contribution is 2.22. The van der Waals surface area contributed by atoms with Gasteiger partial charge < -0.3 is 9.66 Å². The number of unbranched alkanes of at least 4 members (excludes halogenated alkanes) is 7. The summed E-state index contributed by atoms with van der Waals surface area (Å²) in [6.07, 6.45) is 10.7. The number of hydrogen-bond donors (Lipinski definition) is 1. The normalized spacial score (nSPS) is 11.2. The Morgan fingerprint density at radius 1 is 1.04 bits per heavy atom. The lowest BCUT2D eigenvalue weighted by atomic mass is 10.1. The van der Waals surface area contributed by atoms with Gasteiger partial charge in [-0.15, -0.1) is 0 Å². The van der Waals surface area contributed by atoms with E-state index < -0.39 is 10.4 Å². The maximum Gasteiger partial charge on any atom is 0.253 e. The van der Waals surface area contributed by atoms with Crippen LogP contribution in [0.5, 0.6) is 5.75 Å². The van der Waals surface area contributed by atoms with Crippen LogP contribution in [0.2, 0.25) is 0 Å². The van der Waals surface area contributed by atoms with Crippen molar-refractivity contribution in [2.24, 2.45) is 0 Å². The van der Waals surface area contributed by atoms with Crippen molar-refractivity contribution < 1.29 is 27.2 Å². The molecular weight excluding hydrogens is 366 g/mol. The highest BCUT2D eigenvalue weighted by atomic mass is 32.3. The largest absolute Gasteiger partial charge is 0.726 e. The molecule has 0 saturated carbocycles. The fraction of sp³-hybridized carbons (Fsp3) is 0.550. The first-order valence-electron chi connectivity index (χ1n) is 9.54. The molecule has 0 saturated heterocycles. The predicted molar refractivity (Wildman–Crippen MR) is 105 cm³/mol. The topological polar surface area (TPSA) is 101 Å². The SMILES string of the molecule is CCCCCCCCCCOS(=O)(=O)[O-].Cc1ccc(O)c2[nH+]cccc12. The molecular formula is C20H31NO5S. The molecule has 0 aliphatic heterocycles. The van der Waals surface area contributed by atoms with Crippen molar-refractivity contribution in [3.05, 3.63) is 36.0 Å². The molecule has 0 radical (unpaired) electrons. The Kier molecular flexibility index (Phi) is 10.9. The standard InChI is InChI=1S/C10H9NO.C10H22O4S/c1-7-4-5-9(12)10-8(7)3-2-6-11-10;1-2-3-4-5-6-7-8-9-10-14-15(11,12)13/h2-6,12H,1H3;2-10H2,1H3,(H,11,12,13). The van der Waals surface area contributed by atoms with E-state index >= 15 is 0 Å². The number of aryl methyl sites for hydroxylation is 1. The first kappa shape index (κ1) is 23.3. The minimum atomic E-state index is -4.48. The third-order valence-electron chi connectivity index (χ3n) is 4.25. The molecule has 0 atom stereocenters. The predicted octanol–water partition coefficient (Wildman–Crippen LogP) is 4.27. The summed E-state index contributed by atoms with van der Waals surface area (Å²) in [5.74, 6) is 0.302. The van der Waals surface area contributed by atoms with Gasteiger partial charge in [0, 0.05) is 6.07 Å². The first-order valence-corrected chi connectivity index (χ1v) is 10.9. The monoisotopic (exact) mass is 397 g/mol. The molecule has 27 heavy (non-hydrogen) atoms. The highest BCUT2D eigenvalue weighted by Gasteiger charge is 2.06. The Bertz CT molecular complexity index is 737. The zero-order valence-corrected chi connectivity index (χ0v) is 17.1. The fourth-order valence-electron chi connectivity index (χ4n) is 2.75. The summed E-state index contributed by atoms with van der Waals surface area (Å²) in [7, 11) is -4.48. The lowest BCUT2D eigenvalue weighted by Crippen LogP contribution is -2.05. The summed E-state index contributed by atoms with van der Waals surface area (Å²) in [6, 6.07) is 7.52. The van der Waals surface area contributed by atoms with Crippen LogP contribution in [0.3, 0.4) is 0 Å². The number of pyridine rings is 1. The molecule has 7 heteroatoms. The number of fused-ring (bicyclic) bond motifs is 1. The second-order valence-corrected chi connectivity index (χ2v) is 7.62. The van der Waals surface area contributed by atoms with E-state index in [1.165, 1.54) is 37.7 Å². The minimum absolute atomic E-state index is 0.0286. The van der Waals surface area contributed by atoms with Gasteiger partial charge in [-0.05, 0) is 31.0 Å². The smallest absolute Gasteiger partial charge is 0.253 e. The molecule has 0 bridgehead atoms. The van der Waals surface area contributed by atoms with Crippen molar-refractivity contribution >= 4 is 21.3 Å². The van der Waals surface area contributed by atoms with E-state index in [1.807, 2.05) is 31.3 Å². The number of rotatable bonds is 10. The lowest BCUT2D eigenvalue weighted by Gasteiger charge is -2.06. The van der Waals surface area contributed by atoms with Crippen LogP contribution in [0.1, 0.15) is 63.9 Å². The van der Waals surface area contributed by atoms with E-state index in [2.05, 4.69) is 16.1 Å². The molecule has 0 fully saturated rings. The van der Waals surface area contributed by atoms with E-state index in [4.69, 9.17) is 0 Å². The molecule has 1 heterocycles. The zero-order valence-electron chi connectivity index (χ0n) is 16.2. The zero-order chi connectivity index (χ0) is 20.1. The van der Waals surface area contributed by atoms with Crippen LogP contribution >= 0.6 is 0 Å². The van der Waals surface area contributed by atoms with Crippen molar-refractivity contribution in [3.63, 3.8) is 0 Å². The Balaban J connectivity index is 0.000000274. The number of aromatic amines is 1. The molecule has 6 nitrogen and oxygen atoms in total. The maximum absolute atomic E-state index is 10.1. The maximum atomic E-state index is 10.1. The number of benzene rings is 1. The number of aromatic nitrogens is 1. The van der Waals surface area contributed by atoms with Gasteiger partial charge in [0.05, 0.1) is 12.0 Å². The molecule has 2 rings (SSSR count). The van der Waals surface area contributed by atoms with Gasteiger partial charge in [-0.1, -0.05) is 57.9 Å². The van der Waals surface area contributed by atoms with Gasteiger partial charge in [-0.25, -0.2) is 13.4 Å². The highest BCUT2D eigenvalue weighted by molar-refractivity contribution is 7.80. The van der Waals surface area contributed by atoms with Crippen molar-refractivity contribution in [1.82, 2.24) is 0 Å². The molecule has 1 aromatic carbocycles. The molecule has 2 aromatic rings. The lowest BCUT2D eigenvalue weighted by molar-refractivity contribution is -0.345. The second kappa shape index (κ2) is 12.6. The minimum Gasteiger partial charge on any atom is -0.726 e. The molecule has 2 N–H and O–H groups in total. The third kappa shape index (κ3) is 10.3. The van der Waals surface area contributed by atoms with E-state index in [0.717, 1.165) is 23.7 Å². The summed E-state index contributed by atoms with van der Waals surface area (Å²) in [6.45, 7) is 4.23. The molecule has 0 aliphatic carbocycles. The molecule has 0 amide bonds. The van der Waals surface area contributed by atoms with E-state index in [-0.39, 0.29) is 6.61 Å².